The Balaban J connectivity index is 3.15. The molecule has 3 nitrogen and oxygen atoms in total. The Morgan fingerprint density at radius 2 is 1.36 bits per heavy atom. The van der Waals surface area contributed by atoms with Crippen molar-refractivity contribution in [1.29, 1.82) is 0 Å². The Bertz CT molecular complexity index is 399. The van der Waals surface area contributed by atoms with Gasteiger partial charge in [-0.05, 0) is 0 Å². The van der Waals surface area contributed by atoms with Crippen molar-refractivity contribution in [2.45, 2.75) is 72.6 Å². The van der Waals surface area contributed by atoms with Crippen molar-refractivity contribution in [2.75, 3.05) is 19.0 Å². The Morgan fingerprint density at radius 1 is 0.864 bits per heavy atom. The molecule has 126 valence electrons. The second-order valence-corrected chi connectivity index (χ2v) is 19.8. The van der Waals surface area contributed by atoms with E-state index in [0.717, 1.165) is 5.82 Å². The molecule has 0 unspecified atom stereocenters. The van der Waals surface area contributed by atoms with E-state index in [9.17, 15) is 0 Å². The van der Waals surface area contributed by atoms with Crippen LogP contribution in [0.15, 0.2) is 12.4 Å². The summed E-state index contributed by atoms with van der Waals surface area (Å²) in [6.07, 6.45) is 12.0. The van der Waals surface area contributed by atoms with Crippen molar-refractivity contribution in [3.05, 3.63) is 12.4 Å². The number of hydrogen-bond acceptors (Lipinski definition) is 3. The molecule has 0 atom stereocenters. The van der Waals surface area contributed by atoms with E-state index in [1.54, 1.807) is 0 Å². The molecule has 1 heterocycles. The average molecular weight is 412 g/mol. The molecule has 0 saturated heterocycles. The van der Waals surface area contributed by atoms with Crippen LogP contribution in [0.25, 0.3) is 0 Å². The van der Waals surface area contributed by atoms with Crippen molar-refractivity contribution in [3.8, 4) is 0 Å². The third-order valence-electron chi connectivity index (χ3n) is 4.65. The molecule has 0 aromatic carbocycles. The molecule has 4 heteroatoms. The summed E-state index contributed by atoms with van der Waals surface area (Å²) in [5, 5.41) is 0. The molecule has 0 aliphatic carbocycles. The van der Waals surface area contributed by atoms with Gasteiger partial charge in [-0.1, -0.05) is 0 Å². The normalized spacial score (nSPS) is 11.7. The van der Waals surface area contributed by atoms with Crippen LogP contribution in [0.1, 0.15) is 59.3 Å². The summed E-state index contributed by atoms with van der Waals surface area (Å²) in [7, 11) is 4.13. The van der Waals surface area contributed by atoms with E-state index in [0.29, 0.717) is 0 Å². The Labute approximate surface area is 141 Å². The third kappa shape index (κ3) is 5.71. The summed E-state index contributed by atoms with van der Waals surface area (Å²) >= 11 is -2.40. The number of unbranched alkanes of at least 4 members (excludes halogenated alkanes) is 3. The van der Waals surface area contributed by atoms with Crippen LogP contribution in [0.3, 0.4) is 0 Å². The second kappa shape index (κ2) is 10.5. The maximum absolute atomic E-state index is 5.06. The van der Waals surface area contributed by atoms with E-state index in [1.807, 2.05) is 6.20 Å². The first kappa shape index (κ1) is 19.7. The van der Waals surface area contributed by atoms with Crippen LogP contribution in [0, 0.1) is 0 Å². The molecule has 0 bridgehead atoms. The molecule has 0 amide bonds. The number of hydrogen-bond donors (Lipinski definition) is 0. The summed E-state index contributed by atoms with van der Waals surface area (Å²) < 4.78 is 5.79. The molecule has 0 aliphatic heterocycles. The summed E-state index contributed by atoms with van der Waals surface area (Å²) in [5.41, 5.74) is 0. The summed E-state index contributed by atoms with van der Waals surface area (Å²) in [4.78, 5) is 11.7. The monoisotopic (exact) mass is 413 g/mol. The zero-order chi connectivity index (χ0) is 16.4. The molecule has 0 saturated carbocycles. The summed E-state index contributed by atoms with van der Waals surface area (Å²) in [6.45, 7) is 6.95. The van der Waals surface area contributed by atoms with Crippen molar-refractivity contribution < 1.29 is 0 Å². The number of aromatic nitrogens is 2. The molecule has 0 fully saturated rings. The van der Waals surface area contributed by atoms with Gasteiger partial charge in [0.25, 0.3) is 0 Å². The third-order valence-corrected chi connectivity index (χ3v) is 19.7. The topological polar surface area (TPSA) is 29.0 Å². The summed E-state index contributed by atoms with van der Waals surface area (Å²) in [6, 6.07) is 0. The zero-order valence-corrected chi connectivity index (χ0v) is 18.2. The maximum atomic E-state index is 5.06. The van der Waals surface area contributed by atoms with E-state index in [1.165, 1.54) is 55.5 Å². The SMILES string of the molecule is CCC[CH2][Sn]([CH2]CCC)([CH2]CCC)[c]1cncc(N(C)C)n1. The van der Waals surface area contributed by atoms with Crippen LogP contribution in [-0.2, 0) is 0 Å². The molecule has 0 spiro atoms. The molecular formula is C18H35N3Sn. The van der Waals surface area contributed by atoms with Gasteiger partial charge in [0.05, 0.1) is 0 Å². The van der Waals surface area contributed by atoms with Gasteiger partial charge in [0.2, 0.25) is 0 Å². The van der Waals surface area contributed by atoms with Gasteiger partial charge in [-0.15, -0.1) is 0 Å². The average Bonchev–Trinajstić information content (AvgIpc) is 2.54. The number of nitrogens with zero attached hydrogens (tertiary/aromatic N) is 3. The van der Waals surface area contributed by atoms with Gasteiger partial charge in [0.15, 0.2) is 0 Å². The van der Waals surface area contributed by atoms with E-state index >= 15 is 0 Å². The first-order valence-electron chi connectivity index (χ1n) is 9.09. The Kier molecular flexibility index (Phi) is 9.37. The van der Waals surface area contributed by atoms with E-state index in [2.05, 4.69) is 50.9 Å². The van der Waals surface area contributed by atoms with Crippen LogP contribution in [0.4, 0.5) is 5.82 Å². The van der Waals surface area contributed by atoms with Gasteiger partial charge in [-0.3, -0.25) is 0 Å². The van der Waals surface area contributed by atoms with Gasteiger partial charge >= 0.3 is 142 Å². The quantitative estimate of drug-likeness (QED) is 0.498. The number of rotatable bonds is 11. The molecule has 0 aliphatic rings. The van der Waals surface area contributed by atoms with Crippen LogP contribution < -0.4 is 8.61 Å². The predicted molar refractivity (Wildman–Crippen MR) is 101 cm³/mol. The second-order valence-electron chi connectivity index (χ2n) is 6.75. The van der Waals surface area contributed by atoms with E-state index in [4.69, 9.17) is 4.98 Å². The van der Waals surface area contributed by atoms with Crippen molar-refractivity contribution >= 4 is 27.9 Å². The fourth-order valence-corrected chi connectivity index (χ4v) is 18.3. The van der Waals surface area contributed by atoms with Gasteiger partial charge in [-0.25, -0.2) is 0 Å². The van der Waals surface area contributed by atoms with Crippen LogP contribution in [0.2, 0.25) is 13.3 Å². The van der Waals surface area contributed by atoms with Gasteiger partial charge in [0, 0.05) is 0 Å². The zero-order valence-electron chi connectivity index (χ0n) is 15.4. The molecular weight excluding hydrogens is 377 g/mol. The molecule has 1 rings (SSSR count). The first-order valence-corrected chi connectivity index (χ1v) is 16.6. The van der Waals surface area contributed by atoms with Crippen molar-refractivity contribution in [2.24, 2.45) is 0 Å². The molecule has 1 aromatic heterocycles. The minimum atomic E-state index is -2.40. The van der Waals surface area contributed by atoms with Crippen LogP contribution in [-0.4, -0.2) is 42.4 Å². The van der Waals surface area contributed by atoms with Crippen molar-refractivity contribution in [1.82, 2.24) is 9.97 Å². The predicted octanol–water partition coefficient (Wildman–Crippen LogP) is 4.60. The Morgan fingerprint density at radius 3 is 1.77 bits per heavy atom. The van der Waals surface area contributed by atoms with E-state index < -0.39 is 18.4 Å². The first-order chi connectivity index (χ1) is 10.6. The van der Waals surface area contributed by atoms with Crippen LogP contribution >= 0.6 is 0 Å². The van der Waals surface area contributed by atoms with Gasteiger partial charge in [0.1, 0.15) is 0 Å². The van der Waals surface area contributed by atoms with Gasteiger partial charge in [-0.2, -0.15) is 0 Å². The fourth-order valence-electron chi connectivity index (χ4n) is 3.13. The molecule has 22 heavy (non-hydrogen) atoms. The minimum absolute atomic E-state index is 1.03. The molecule has 1 aromatic rings. The molecule has 0 N–H and O–H groups in total. The fraction of sp³-hybridized carbons (Fsp3) is 0.778. The summed E-state index contributed by atoms with van der Waals surface area (Å²) in [5.74, 6) is 1.03. The molecule has 0 radical (unpaired) electrons. The van der Waals surface area contributed by atoms with E-state index in [-0.39, 0.29) is 0 Å². The standard InChI is InChI=1S/C6H8N3.3C4H9.Sn/c1-9(2)6-5-7-3-4-8-6;3*1-3-4-2;/h3,5H,1-2H3;3*1,3-4H2,2H3;. The van der Waals surface area contributed by atoms with Crippen molar-refractivity contribution in [3.63, 3.8) is 0 Å². The number of anilines is 1. The Hall–Kier alpha value is -0.321. The van der Waals surface area contributed by atoms with Gasteiger partial charge < -0.3 is 0 Å². The van der Waals surface area contributed by atoms with Crippen LogP contribution in [0.5, 0.6) is 0 Å².